The first kappa shape index (κ1) is 14.5. The molecule has 1 amide bonds. The first-order valence-corrected chi connectivity index (χ1v) is 7.03. The van der Waals surface area contributed by atoms with Gasteiger partial charge in [0.25, 0.3) is 5.91 Å². The van der Waals surface area contributed by atoms with Crippen molar-refractivity contribution in [3.63, 3.8) is 0 Å². The second-order valence-corrected chi connectivity index (χ2v) is 5.30. The molecule has 1 unspecified atom stereocenters. The van der Waals surface area contributed by atoms with Crippen LogP contribution < -0.4 is 0 Å². The number of carbonyl (C=O) groups excluding carboxylic acids is 2. The average molecular weight is 276 g/mol. The number of nitrogens with zero attached hydrogens (tertiary/aromatic N) is 2. The van der Waals surface area contributed by atoms with Gasteiger partial charge in [0.1, 0.15) is 11.5 Å². The maximum Gasteiger partial charge on any atom is 0.257 e. The number of likely N-dealkylation sites (tertiary alicyclic amines) is 1. The van der Waals surface area contributed by atoms with Crippen LogP contribution in [0.15, 0.2) is 18.5 Å². The summed E-state index contributed by atoms with van der Waals surface area (Å²) in [7, 11) is 0. The summed E-state index contributed by atoms with van der Waals surface area (Å²) in [6.45, 7) is 2.19. The van der Waals surface area contributed by atoms with Crippen LogP contribution in [0.25, 0.3) is 0 Å². The number of amides is 1. The fourth-order valence-corrected chi connectivity index (χ4v) is 2.71. The summed E-state index contributed by atoms with van der Waals surface area (Å²) in [5.74, 6) is -0.227. The molecule has 0 bridgehead atoms. The predicted molar refractivity (Wildman–Crippen MR) is 74.5 cm³/mol. The van der Waals surface area contributed by atoms with Gasteiger partial charge >= 0.3 is 0 Å². The number of ketones is 1. The monoisotopic (exact) mass is 276 g/mol. The van der Waals surface area contributed by atoms with Crippen LogP contribution in [0.1, 0.15) is 49.4 Å². The number of aromatic hydroxyl groups is 1. The molecule has 1 aromatic heterocycles. The fourth-order valence-electron chi connectivity index (χ4n) is 2.71. The Morgan fingerprint density at radius 2 is 2.20 bits per heavy atom. The Balaban J connectivity index is 2.24. The van der Waals surface area contributed by atoms with E-state index in [-0.39, 0.29) is 29.0 Å². The van der Waals surface area contributed by atoms with E-state index in [9.17, 15) is 14.7 Å². The lowest BCUT2D eigenvalue weighted by atomic mass is 10.0. The molecule has 0 aromatic carbocycles. The van der Waals surface area contributed by atoms with Crippen molar-refractivity contribution in [1.82, 2.24) is 9.88 Å². The van der Waals surface area contributed by atoms with E-state index in [1.54, 1.807) is 11.8 Å². The van der Waals surface area contributed by atoms with Crippen molar-refractivity contribution in [2.45, 2.75) is 45.1 Å². The Bertz CT molecular complexity index is 502. The van der Waals surface area contributed by atoms with Gasteiger partial charge in [0.15, 0.2) is 0 Å². The minimum Gasteiger partial charge on any atom is -0.505 e. The van der Waals surface area contributed by atoms with Crippen molar-refractivity contribution in [3.05, 3.63) is 24.0 Å². The third-order valence-corrected chi connectivity index (χ3v) is 3.69. The molecule has 5 nitrogen and oxygen atoms in total. The maximum atomic E-state index is 12.6. The van der Waals surface area contributed by atoms with Crippen LogP contribution in [0, 0.1) is 0 Å². The van der Waals surface area contributed by atoms with Gasteiger partial charge in [-0.2, -0.15) is 0 Å². The Labute approximate surface area is 118 Å². The lowest BCUT2D eigenvalue weighted by Gasteiger charge is -2.29. The van der Waals surface area contributed by atoms with E-state index in [0.29, 0.717) is 13.0 Å². The molecule has 0 aliphatic carbocycles. The molecule has 108 valence electrons. The number of hydrogen-bond acceptors (Lipinski definition) is 4. The highest BCUT2D eigenvalue weighted by molar-refractivity contribution is 5.97. The van der Waals surface area contributed by atoms with Crippen LogP contribution in [0.5, 0.6) is 5.75 Å². The minimum absolute atomic E-state index is 0.0601. The molecular weight excluding hydrogens is 256 g/mol. The van der Waals surface area contributed by atoms with Gasteiger partial charge in [-0.05, 0) is 25.8 Å². The lowest BCUT2D eigenvalue weighted by Crippen LogP contribution is -2.41. The highest BCUT2D eigenvalue weighted by Crippen LogP contribution is 2.24. The lowest BCUT2D eigenvalue weighted by molar-refractivity contribution is -0.118. The van der Waals surface area contributed by atoms with Crippen molar-refractivity contribution in [2.24, 2.45) is 0 Å². The molecule has 2 rings (SSSR count). The molecular formula is C15H20N2O3. The predicted octanol–water partition coefficient (Wildman–Crippen LogP) is 2.15. The summed E-state index contributed by atoms with van der Waals surface area (Å²) < 4.78 is 0. The van der Waals surface area contributed by atoms with Crippen LogP contribution in [0.4, 0.5) is 0 Å². The molecule has 1 N–H and O–H groups in total. The molecule has 2 heterocycles. The van der Waals surface area contributed by atoms with E-state index in [0.717, 1.165) is 25.7 Å². The zero-order valence-electron chi connectivity index (χ0n) is 11.7. The van der Waals surface area contributed by atoms with Gasteiger partial charge in [-0.25, -0.2) is 0 Å². The van der Waals surface area contributed by atoms with Crippen LogP contribution in [0.2, 0.25) is 0 Å². The molecule has 0 saturated carbocycles. The minimum atomic E-state index is -0.210. The maximum absolute atomic E-state index is 12.6. The van der Waals surface area contributed by atoms with Crippen LogP contribution in [-0.2, 0) is 4.79 Å². The summed E-state index contributed by atoms with van der Waals surface area (Å²) in [5, 5.41) is 9.77. The number of Topliss-reactive ketones (excluding diaryl/α,β-unsaturated/α-hetero) is 1. The Kier molecular flexibility index (Phi) is 4.71. The van der Waals surface area contributed by atoms with Crippen molar-refractivity contribution >= 4 is 11.7 Å². The number of aromatic nitrogens is 1. The molecule has 5 heteroatoms. The topological polar surface area (TPSA) is 70.5 Å². The Morgan fingerprint density at radius 1 is 1.40 bits per heavy atom. The fraction of sp³-hybridized carbons (Fsp3) is 0.533. The zero-order valence-corrected chi connectivity index (χ0v) is 11.7. The van der Waals surface area contributed by atoms with Crippen LogP contribution >= 0.6 is 0 Å². The third kappa shape index (κ3) is 3.35. The number of pyridine rings is 1. The highest BCUT2D eigenvalue weighted by atomic mass is 16.3. The van der Waals surface area contributed by atoms with E-state index in [1.165, 1.54) is 18.5 Å². The molecule has 1 aromatic rings. The van der Waals surface area contributed by atoms with E-state index in [1.807, 2.05) is 0 Å². The largest absolute Gasteiger partial charge is 0.505 e. The Morgan fingerprint density at radius 3 is 2.90 bits per heavy atom. The first-order chi connectivity index (χ1) is 9.59. The Hall–Kier alpha value is -1.91. The normalized spacial score (nSPS) is 19.4. The van der Waals surface area contributed by atoms with Gasteiger partial charge in [-0.3, -0.25) is 14.6 Å². The molecule has 0 spiro atoms. The first-order valence-electron chi connectivity index (χ1n) is 7.03. The SMILES string of the molecule is CC(=O)CC1CCCCCN1C(=O)c1ccncc1O. The average Bonchev–Trinajstić information content (AvgIpc) is 2.63. The van der Waals surface area contributed by atoms with Crippen LogP contribution in [0.3, 0.4) is 0 Å². The van der Waals surface area contributed by atoms with Crippen LogP contribution in [-0.4, -0.2) is 39.3 Å². The van der Waals surface area contributed by atoms with E-state index in [2.05, 4.69) is 4.98 Å². The van der Waals surface area contributed by atoms with Crippen molar-refractivity contribution in [1.29, 1.82) is 0 Å². The van der Waals surface area contributed by atoms with E-state index >= 15 is 0 Å². The summed E-state index contributed by atoms with van der Waals surface area (Å²) in [4.78, 5) is 29.5. The van der Waals surface area contributed by atoms with Gasteiger partial charge in [-0.1, -0.05) is 12.8 Å². The molecule has 0 radical (unpaired) electrons. The summed E-state index contributed by atoms with van der Waals surface area (Å²) in [5.41, 5.74) is 0.260. The van der Waals surface area contributed by atoms with Crippen molar-refractivity contribution in [3.8, 4) is 5.75 Å². The van der Waals surface area contributed by atoms with Gasteiger partial charge in [0, 0.05) is 25.2 Å². The van der Waals surface area contributed by atoms with Gasteiger partial charge in [-0.15, -0.1) is 0 Å². The van der Waals surface area contributed by atoms with E-state index in [4.69, 9.17) is 0 Å². The standard InChI is InChI=1S/C15H20N2O3/c1-11(18)9-12-5-3-2-4-8-17(12)15(20)13-6-7-16-10-14(13)19/h6-7,10,12,19H,2-5,8-9H2,1H3. The summed E-state index contributed by atoms with van der Waals surface area (Å²) in [6, 6.07) is 1.46. The smallest absolute Gasteiger partial charge is 0.257 e. The highest BCUT2D eigenvalue weighted by Gasteiger charge is 2.28. The van der Waals surface area contributed by atoms with Crippen molar-refractivity contribution in [2.75, 3.05) is 6.54 Å². The second-order valence-electron chi connectivity index (χ2n) is 5.30. The third-order valence-electron chi connectivity index (χ3n) is 3.69. The number of carbonyl (C=O) groups is 2. The molecule has 1 fully saturated rings. The van der Waals surface area contributed by atoms with E-state index < -0.39 is 0 Å². The molecule has 1 aliphatic rings. The summed E-state index contributed by atoms with van der Waals surface area (Å²) in [6.07, 6.45) is 7.03. The number of hydrogen-bond donors (Lipinski definition) is 1. The molecule has 1 atom stereocenters. The van der Waals surface area contributed by atoms with Gasteiger partial charge in [0.2, 0.25) is 0 Å². The molecule has 20 heavy (non-hydrogen) atoms. The molecule has 1 saturated heterocycles. The van der Waals surface area contributed by atoms with Crippen molar-refractivity contribution < 1.29 is 14.7 Å². The second kappa shape index (κ2) is 6.50. The quantitative estimate of drug-likeness (QED) is 0.918. The summed E-state index contributed by atoms with van der Waals surface area (Å²) >= 11 is 0. The zero-order chi connectivity index (χ0) is 14.5. The number of rotatable bonds is 3. The molecule has 1 aliphatic heterocycles. The van der Waals surface area contributed by atoms with Gasteiger partial charge < -0.3 is 10.0 Å². The van der Waals surface area contributed by atoms with Gasteiger partial charge in [0.05, 0.1) is 11.8 Å².